The molecule has 0 saturated carbocycles. The van der Waals surface area contributed by atoms with Crippen molar-refractivity contribution < 1.29 is 47.3 Å². The largest absolute Gasteiger partial charge is 0.506 e. The van der Waals surface area contributed by atoms with Gasteiger partial charge >= 0.3 is 0 Å². The molecule has 0 bridgehead atoms. The molecular formula is C43H43FeN9O8. The van der Waals surface area contributed by atoms with Gasteiger partial charge in [0.15, 0.2) is 0 Å². The summed E-state index contributed by atoms with van der Waals surface area (Å²) in [7, 11) is 0. The van der Waals surface area contributed by atoms with Gasteiger partial charge in [-0.05, 0) is 73.2 Å². The maximum Gasteiger partial charge on any atom is 0.273 e. The van der Waals surface area contributed by atoms with Crippen molar-refractivity contribution in [3.63, 3.8) is 0 Å². The summed E-state index contributed by atoms with van der Waals surface area (Å²) < 4.78 is 0. The molecule has 0 spiro atoms. The van der Waals surface area contributed by atoms with Gasteiger partial charge in [0, 0.05) is 71.6 Å². The first-order valence-corrected chi connectivity index (χ1v) is 19.0. The Morgan fingerprint density at radius 3 is 1.74 bits per heavy atom. The Labute approximate surface area is 361 Å². The molecule has 17 nitrogen and oxygen atoms in total. The number of hydrogen-bond donors (Lipinski definition) is 4. The van der Waals surface area contributed by atoms with Crippen molar-refractivity contribution in [2.75, 3.05) is 18.0 Å². The normalized spacial score (nSPS) is 11.1. The van der Waals surface area contributed by atoms with Crippen LogP contribution >= 0.6 is 0 Å². The zero-order valence-corrected chi connectivity index (χ0v) is 34.5. The number of unbranched alkanes of at least 4 members (excludes halogenated alkanes) is 2. The molecule has 18 heteroatoms. The molecule has 6 aromatic carbocycles. The number of aryl methyl sites for hydroxylation is 1. The third-order valence-corrected chi connectivity index (χ3v) is 9.09. The average molecular weight is 870 g/mol. The number of benzene rings is 6. The Morgan fingerprint density at radius 2 is 1.11 bits per heavy atom. The number of phenolic OH excluding ortho intramolecular Hbond substituents is 4. The van der Waals surface area contributed by atoms with Crippen LogP contribution in [0.1, 0.15) is 45.1 Å². The minimum Gasteiger partial charge on any atom is -0.506 e. The molecule has 0 aliphatic heterocycles. The third kappa shape index (κ3) is 12.6. The molecule has 0 radical (unpaired) electrons. The van der Waals surface area contributed by atoms with E-state index in [0.29, 0.717) is 28.0 Å². The number of nitro benzene ring substituents is 2. The first kappa shape index (κ1) is 46.4. The summed E-state index contributed by atoms with van der Waals surface area (Å²) in [5.41, 5.74) is 3.08. The third-order valence-electron chi connectivity index (χ3n) is 9.09. The summed E-state index contributed by atoms with van der Waals surface area (Å²) >= 11 is 0. The molecule has 0 unspecified atom stereocenters. The van der Waals surface area contributed by atoms with Crippen LogP contribution in [0.5, 0.6) is 23.0 Å². The van der Waals surface area contributed by atoms with Crippen LogP contribution in [0.15, 0.2) is 140 Å². The molecular weight excluding hydrogens is 826 g/mol. The second kappa shape index (κ2) is 22.2. The number of aromatic hydroxyl groups is 4. The molecule has 0 aliphatic carbocycles. The van der Waals surface area contributed by atoms with Crippen molar-refractivity contribution in [2.24, 2.45) is 30.7 Å². The minimum atomic E-state index is -0.614. The first-order valence-electron chi connectivity index (χ1n) is 19.0. The van der Waals surface area contributed by atoms with E-state index < -0.39 is 9.85 Å². The second-order valence-electron chi connectivity index (χ2n) is 13.5. The predicted molar refractivity (Wildman–Crippen MR) is 229 cm³/mol. The van der Waals surface area contributed by atoms with E-state index in [2.05, 4.69) is 49.4 Å². The smallest absolute Gasteiger partial charge is 0.273 e. The minimum absolute atomic E-state index is 0. The van der Waals surface area contributed by atoms with Crippen LogP contribution in [-0.4, -0.2) is 43.4 Å². The Bertz CT molecular complexity index is 2560. The van der Waals surface area contributed by atoms with E-state index >= 15 is 0 Å². The monoisotopic (exact) mass is 869 g/mol. The maximum atomic E-state index is 10.8. The van der Waals surface area contributed by atoms with Gasteiger partial charge in [0.05, 0.1) is 27.3 Å². The summed E-state index contributed by atoms with van der Waals surface area (Å²) in [5.74, 6) is -0.533. The van der Waals surface area contributed by atoms with E-state index in [1.54, 1.807) is 37.3 Å². The van der Waals surface area contributed by atoms with Gasteiger partial charge in [0.1, 0.15) is 45.7 Å². The molecule has 61 heavy (non-hydrogen) atoms. The molecule has 0 fully saturated rings. The zero-order valence-electron chi connectivity index (χ0n) is 33.4. The van der Waals surface area contributed by atoms with E-state index in [-0.39, 0.29) is 68.5 Å². The van der Waals surface area contributed by atoms with Gasteiger partial charge in [-0.2, -0.15) is 10.2 Å². The molecule has 6 rings (SSSR count). The van der Waals surface area contributed by atoms with Crippen LogP contribution in [0.4, 0.5) is 51.2 Å². The van der Waals surface area contributed by atoms with Gasteiger partial charge in [-0.25, -0.2) is 0 Å². The van der Waals surface area contributed by atoms with Crippen molar-refractivity contribution in [3.8, 4) is 23.0 Å². The van der Waals surface area contributed by atoms with Crippen LogP contribution < -0.4 is 4.90 Å². The fourth-order valence-corrected chi connectivity index (χ4v) is 5.74. The Morgan fingerprint density at radius 1 is 0.557 bits per heavy atom. The van der Waals surface area contributed by atoms with E-state index in [1.807, 2.05) is 24.3 Å². The molecule has 6 aromatic rings. The topological polar surface area (TPSA) is 245 Å². The maximum absolute atomic E-state index is 10.8. The molecule has 316 valence electrons. The van der Waals surface area contributed by atoms with Gasteiger partial charge in [-0.3, -0.25) is 20.2 Å². The van der Waals surface area contributed by atoms with Crippen LogP contribution in [0.25, 0.3) is 10.8 Å². The van der Waals surface area contributed by atoms with Gasteiger partial charge in [0.25, 0.3) is 11.4 Å². The predicted octanol–water partition coefficient (Wildman–Crippen LogP) is 13.1. The van der Waals surface area contributed by atoms with Crippen molar-refractivity contribution in [1.29, 1.82) is 0 Å². The van der Waals surface area contributed by atoms with E-state index in [9.17, 15) is 40.7 Å². The van der Waals surface area contributed by atoms with Gasteiger partial charge in [0.2, 0.25) is 0 Å². The molecule has 4 N–H and O–H groups in total. The van der Waals surface area contributed by atoms with Crippen LogP contribution in [0.3, 0.4) is 0 Å². The van der Waals surface area contributed by atoms with Crippen LogP contribution in [0, 0.1) is 27.2 Å². The molecule has 0 atom stereocenters. The number of azo groups is 3. The van der Waals surface area contributed by atoms with E-state index in [4.69, 9.17) is 0 Å². The van der Waals surface area contributed by atoms with Crippen molar-refractivity contribution in [2.45, 2.75) is 46.5 Å². The number of non-ortho nitro benzene ring substituents is 2. The molecule has 0 heterocycles. The van der Waals surface area contributed by atoms with E-state index in [1.165, 1.54) is 48.5 Å². The SMILES string of the molecule is CCCCN(CCCC)c1ccc(N=Nc2cc(C)c(N=Nc3ccc([N+](=O)[O-])cc3)cc2O)c(O)c1.O=[N+]([O-])c1ccc(N=Nc2c(O)ccc3ccccc23)c(O)c1.[Fe]. The standard InChI is InChI=1S/C27H32N6O4.C16H11N3O4.Fe/c1-4-6-14-32(15-7-5-2)22-12-13-23(26(34)17-22)29-31-25-16-19(3)24(18-27(25)35)30-28-20-8-10-21(11-9-20)33(36)37;20-14-8-5-10-3-1-2-4-12(10)16(14)18-17-13-7-6-11(19(22)23)9-15(13)21;/h8-13,16-18,34-35H,4-7,14-15H2,1-3H3;1-9,20-21H;. The number of nitrogens with zero attached hydrogens (tertiary/aromatic N) is 9. The van der Waals surface area contributed by atoms with Gasteiger partial charge in [-0.15, -0.1) is 20.5 Å². The number of phenols is 4. The van der Waals surface area contributed by atoms with Gasteiger partial charge < -0.3 is 25.3 Å². The van der Waals surface area contributed by atoms with E-state index in [0.717, 1.165) is 55.9 Å². The molecule has 0 saturated heterocycles. The van der Waals surface area contributed by atoms with Gasteiger partial charge in [-0.1, -0.05) is 57.0 Å². The average Bonchev–Trinajstić information content (AvgIpc) is 3.24. The van der Waals surface area contributed by atoms with Crippen molar-refractivity contribution in [1.82, 2.24) is 0 Å². The summed E-state index contributed by atoms with van der Waals surface area (Å²) in [5, 5.41) is 88.1. The fourth-order valence-electron chi connectivity index (χ4n) is 5.74. The Balaban J connectivity index is 0.000000292. The summed E-state index contributed by atoms with van der Waals surface area (Å²) in [6.45, 7) is 7.96. The second-order valence-corrected chi connectivity index (χ2v) is 13.5. The molecule has 0 amide bonds. The number of fused-ring (bicyclic) bond motifs is 1. The number of nitro groups is 2. The van der Waals surface area contributed by atoms with Crippen molar-refractivity contribution in [3.05, 3.63) is 135 Å². The first-order chi connectivity index (χ1) is 28.9. The summed E-state index contributed by atoms with van der Waals surface area (Å²) in [6, 6.07) is 28.2. The zero-order chi connectivity index (χ0) is 43.2. The molecule has 0 aliphatic rings. The molecule has 0 aromatic heterocycles. The van der Waals surface area contributed by atoms with Crippen LogP contribution in [0.2, 0.25) is 0 Å². The summed E-state index contributed by atoms with van der Waals surface area (Å²) in [6.07, 6.45) is 4.35. The number of rotatable bonds is 15. The fraction of sp³-hybridized carbons (Fsp3) is 0.209. The number of hydrogen-bond acceptors (Lipinski definition) is 15. The quantitative estimate of drug-likeness (QED) is 0.0331. The van der Waals surface area contributed by atoms with Crippen molar-refractivity contribution >= 4 is 62.0 Å². The summed E-state index contributed by atoms with van der Waals surface area (Å²) in [4.78, 5) is 22.6. The Kier molecular flexibility index (Phi) is 16.9. The Hall–Kier alpha value is -7.30. The number of anilines is 1. The van der Waals surface area contributed by atoms with Crippen LogP contribution in [-0.2, 0) is 17.1 Å².